The van der Waals surface area contributed by atoms with Crippen molar-refractivity contribution in [2.24, 2.45) is 5.92 Å². The third-order valence-electron chi connectivity index (χ3n) is 2.52. The highest BCUT2D eigenvalue weighted by Crippen LogP contribution is 2.13. The average molecular weight is 247 g/mol. The van der Waals surface area contributed by atoms with Gasteiger partial charge in [0.2, 0.25) is 5.91 Å². The van der Waals surface area contributed by atoms with Crippen LogP contribution in [-0.2, 0) is 14.3 Å². The summed E-state index contributed by atoms with van der Waals surface area (Å²) in [6.07, 6.45) is 1.78. The fourth-order valence-electron chi connectivity index (χ4n) is 1.49. The van der Waals surface area contributed by atoms with E-state index in [0.717, 1.165) is 5.56 Å². The van der Waals surface area contributed by atoms with E-state index in [2.05, 4.69) is 16.6 Å². The van der Waals surface area contributed by atoms with Crippen LogP contribution in [-0.4, -0.2) is 19.0 Å². The molecule has 1 rings (SSSR count). The molecule has 0 saturated carbocycles. The lowest BCUT2D eigenvalue weighted by Gasteiger charge is -2.13. The van der Waals surface area contributed by atoms with Crippen LogP contribution in [0, 0.1) is 12.8 Å². The molecule has 1 aromatic rings. The molecule has 0 aliphatic rings. The molecule has 18 heavy (non-hydrogen) atoms. The second-order valence-corrected chi connectivity index (χ2v) is 3.96. The average Bonchev–Trinajstić information content (AvgIpc) is 2.37. The Labute approximate surface area is 107 Å². The van der Waals surface area contributed by atoms with E-state index in [1.165, 1.54) is 13.2 Å². The van der Waals surface area contributed by atoms with E-state index in [9.17, 15) is 9.59 Å². The van der Waals surface area contributed by atoms with Gasteiger partial charge in [-0.25, -0.2) is 0 Å². The molecule has 4 heteroatoms. The maximum atomic E-state index is 11.9. The molecular weight excluding hydrogens is 230 g/mol. The van der Waals surface area contributed by atoms with Crippen LogP contribution in [0.2, 0.25) is 0 Å². The Bertz CT molecular complexity index is 437. The first-order valence-corrected chi connectivity index (χ1v) is 5.64. The number of rotatable bonds is 5. The SMILES string of the molecule is C=CCC(C(=O)Nc1ccc(C)cc1)C(=O)OC. The lowest BCUT2D eigenvalue weighted by Crippen LogP contribution is -2.30. The maximum absolute atomic E-state index is 11.9. The summed E-state index contributed by atoms with van der Waals surface area (Å²) in [4.78, 5) is 23.4. The molecule has 96 valence electrons. The molecular formula is C14H17NO3. The number of nitrogens with one attached hydrogen (secondary N) is 1. The highest BCUT2D eigenvalue weighted by atomic mass is 16.5. The summed E-state index contributed by atoms with van der Waals surface area (Å²) in [6.45, 7) is 5.49. The van der Waals surface area contributed by atoms with Gasteiger partial charge in [0.25, 0.3) is 0 Å². The van der Waals surface area contributed by atoms with Crippen molar-refractivity contribution < 1.29 is 14.3 Å². The van der Waals surface area contributed by atoms with Crippen molar-refractivity contribution in [2.75, 3.05) is 12.4 Å². The first-order valence-electron chi connectivity index (χ1n) is 5.64. The smallest absolute Gasteiger partial charge is 0.318 e. The molecule has 1 amide bonds. The molecule has 0 radical (unpaired) electrons. The number of carbonyl (C=O) groups excluding carboxylic acids is 2. The summed E-state index contributed by atoms with van der Waals surface area (Å²) in [5, 5.41) is 2.68. The topological polar surface area (TPSA) is 55.4 Å². The Morgan fingerprint density at radius 1 is 1.39 bits per heavy atom. The number of ether oxygens (including phenoxy) is 1. The van der Waals surface area contributed by atoms with Gasteiger partial charge in [-0.15, -0.1) is 6.58 Å². The van der Waals surface area contributed by atoms with Crippen LogP contribution in [0.25, 0.3) is 0 Å². The van der Waals surface area contributed by atoms with Crippen molar-refractivity contribution in [3.8, 4) is 0 Å². The van der Waals surface area contributed by atoms with E-state index < -0.39 is 11.9 Å². The van der Waals surface area contributed by atoms with Crippen molar-refractivity contribution in [2.45, 2.75) is 13.3 Å². The van der Waals surface area contributed by atoms with Gasteiger partial charge in [0.1, 0.15) is 5.92 Å². The molecule has 0 spiro atoms. The quantitative estimate of drug-likeness (QED) is 0.493. The molecule has 0 fully saturated rings. The Morgan fingerprint density at radius 2 is 2.00 bits per heavy atom. The summed E-state index contributed by atoms with van der Waals surface area (Å²) in [5.41, 5.74) is 1.76. The third-order valence-corrected chi connectivity index (χ3v) is 2.52. The first kappa shape index (κ1) is 14.0. The van der Waals surface area contributed by atoms with E-state index >= 15 is 0 Å². The van der Waals surface area contributed by atoms with Crippen LogP contribution < -0.4 is 5.32 Å². The molecule has 1 aromatic carbocycles. The second-order valence-electron chi connectivity index (χ2n) is 3.96. The van der Waals surface area contributed by atoms with Crippen molar-refractivity contribution in [1.29, 1.82) is 0 Å². The molecule has 0 aromatic heterocycles. The zero-order valence-corrected chi connectivity index (χ0v) is 10.6. The summed E-state index contributed by atoms with van der Waals surface area (Å²) < 4.78 is 4.60. The number of hydrogen-bond acceptors (Lipinski definition) is 3. The predicted octanol–water partition coefficient (Wildman–Crippen LogP) is 2.30. The lowest BCUT2D eigenvalue weighted by atomic mass is 10.0. The second kappa shape index (κ2) is 6.59. The van der Waals surface area contributed by atoms with Gasteiger partial charge in [-0.05, 0) is 25.5 Å². The number of methoxy groups -OCH3 is 1. The van der Waals surface area contributed by atoms with Gasteiger partial charge in [-0.2, -0.15) is 0 Å². The van der Waals surface area contributed by atoms with Crippen molar-refractivity contribution in [3.05, 3.63) is 42.5 Å². The van der Waals surface area contributed by atoms with Gasteiger partial charge in [-0.3, -0.25) is 9.59 Å². The molecule has 0 bridgehead atoms. The number of esters is 1. The first-order chi connectivity index (χ1) is 8.58. The Morgan fingerprint density at radius 3 is 2.50 bits per heavy atom. The van der Waals surface area contributed by atoms with Gasteiger partial charge in [0.05, 0.1) is 7.11 Å². The van der Waals surface area contributed by atoms with Crippen LogP contribution in [0.5, 0.6) is 0 Å². The van der Waals surface area contributed by atoms with Crippen molar-refractivity contribution >= 4 is 17.6 Å². The van der Waals surface area contributed by atoms with Crippen LogP contribution >= 0.6 is 0 Å². The number of anilines is 1. The minimum Gasteiger partial charge on any atom is -0.468 e. The summed E-state index contributed by atoms with van der Waals surface area (Å²) in [7, 11) is 1.26. The maximum Gasteiger partial charge on any atom is 0.318 e. The summed E-state index contributed by atoms with van der Waals surface area (Å²) in [5.74, 6) is -1.79. The van der Waals surface area contributed by atoms with E-state index in [0.29, 0.717) is 5.69 Å². The number of carbonyl (C=O) groups is 2. The summed E-state index contributed by atoms with van der Waals surface area (Å²) >= 11 is 0. The van der Waals surface area contributed by atoms with E-state index in [1.54, 1.807) is 12.1 Å². The van der Waals surface area contributed by atoms with E-state index in [1.807, 2.05) is 19.1 Å². The molecule has 1 unspecified atom stereocenters. The third kappa shape index (κ3) is 3.73. The molecule has 0 aliphatic heterocycles. The standard InChI is InChI=1S/C14H17NO3/c1-4-5-12(14(17)18-3)13(16)15-11-8-6-10(2)7-9-11/h4,6-9,12H,1,5H2,2-3H3,(H,15,16). The van der Waals surface area contributed by atoms with Crippen molar-refractivity contribution in [3.63, 3.8) is 0 Å². The zero-order valence-electron chi connectivity index (χ0n) is 10.6. The predicted molar refractivity (Wildman–Crippen MR) is 70.1 cm³/mol. The van der Waals surface area contributed by atoms with Crippen molar-refractivity contribution in [1.82, 2.24) is 0 Å². The number of allylic oxidation sites excluding steroid dienone is 1. The highest BCUT2D eigenvalue weighted by Gasteiger charge is 2.26. The van der Waals surface area contributed by atoms with Crippen LogP contribution in [0.15, 0.2) is 36.9 Å². The Hall–Kier alpha value is -2.10. The largest absolute Gasteiger partial charge is 0.468 e. The minimum atomic E-state index is -0.853. The monoisotopic (exact) mass is 247 g/mol. The number of amides is 1. The summed E-state index contributed by atoms with van der Waals surface area (Å²) in [6, 6.07) is 7.34. The molecule has 0 saturated heterocycles. The fraction of sp³-hybridized carbons (Fsp3) is 0.286. The van der Waals surface area contributed by atoms with Gasteiger partial charge < -0.3 is 10.1 Å². The lowest BCUT2D eigenvalue weighted by molar-refractivity contribution is -0.148. The van der Waals surface area contributed by atoms with E-state index in [-0.39, 0.29) is 12.3 Å². The number of benzene rings is 1. The van der Waals surface area contributed by atoms with Gasteiger partial charge in [0.15, 0.2) is 0 Å². The normalized spacial score (nSPS) is 11.4. The van der Waals surface area contributed by atoms with Crippen LogP contribution in [0.1, 0.15) is 12.0 Å². The van der Waals surface area contributed by atoms with Crippen LogP contribution in [0.3, 0.4) is 0 Å². The molecule has 0 aliphatic carbocycles. The highest BCUT2D eigenvalue weighted by molar-refractivity contribution is 6.04. The van der Waals surface area contributed by atoms with Gasteiger partial charge in [-0.1, -0.05) is 23.8 Å². The number of hydrogen-bond donors (Lipinski definition) is 1. The molecule has 1 atom stereocenters. The Balaban J connectivity index is 2.75. The molecule has 1 N–H and O–H groups in total. The van der Waals surface area contributed by atoms with Gasteiger partial charge >= 0.3 is 5.97 Å². The fourth-order valence-corrected chi connectivity index (χ4v) is 1.49. The number of aryl methyl sites for hydroxylation is 1. The minimum absolute atomic E-state index is 0.254. The molecule has 0 heterocycles. The van der Waals surface area contributed by atoms with Gasteiger partial charge in [0, 0.05) is 5.69 Å². The van der Waals surface area contributed by atoms with Crippen LogP contribution in [0.4, 0.5) is 5.69 Å². The zero-order chi connectivity index (χ0) is 13.5. The Kier molecular flexibility index (Phi) is 5.11. The van der Waals surface area contributed by atoms with E-state index in [4.69, 9.17) is 0 Å². The molecule has 4 nitrogen and oxygen atoms in total.